The van der Waals surface area contributed by atoms with Crippen LogP contribution >= 0.6 is 11.3 Å². The summed E-state index contributed by atoms with van der Waals surface area (Å²) in [5.74, 6) is 0. The first-order valence-electron chi connectivity index (χ1n) is 6.52. The van der Waals surface area contributed by atoms with Crippen LogP contribution in [0.2, 0.25) is 0 Å². The molecule has 0 aliphatic carbocycles. The number of hydrogen-bond acceptors (Lipinski definition) is 4. The van der Waals surface area contributed by atoms with Gasteiger partial charge in [-0.3, -0.25) is 4.68 Å². The average molecular weight is 321 g/mol. The molecule has 0 fully saturated rings. The van der Waals surface area contributed by atoms with Crippen LogP contribution in [0.3, 0.4) is 0 Å². The van der Waals surface area contributed by atoms with Gasteiger partial charge in [-0.1, -0.05) is 24.3 Å². The van der Waals surface area contributed by atoms with Gasteiger partial charge in [0, 0.05) is 25.4 Å². The second-order valence-electron chi connectivity index (χ2n) is 4.67. The molecule has 0 amide bonds. The molecule has 21 heavy (non-hydrogen) atoms. The Morgan fingerprint density at radius 2 is 2.05 bits per heavy atom. The third kappa shape index (κ3) is 2.85. The Kier molecular flexibility index (Phi) is 3.79. The predicted octanol–water partition coefficient (Wildman–Crippen LogP) is 2.16. The van der Waals surface area contributed by atoms with Gasteiger partial charge in [0.05, 0.1) is 11.2 Å². The second kappa shape index (κ2) is 5.59. The van der Waals surface area contributed by atoms with E-state index in [4.69, 9.17) is 0 Å². The van der Waals surface area contributed by atoms with Crippen LogP contribution in [0.15, 0.2) is 46.0 Å². The molecule has 0 atom stereocenters. The summed E-state index contributed by atoms with van der Waals surface area (Å²) in [5, 5.41) is 7.27. The number of para-hydroxylation sites is 1. The number of sulfonamides is 1. The Hall–Kier alpha value is -1.70. The number of thiophene rings is 1. The van der Waals surface area contributed by atoms with Gasteiger partial charge in [-0.05, 0) is 17.5 Å². The van der Waals surface area contributed by atoms with E-state index in [0.29, 0.717) is 17.2 Å². The molecule has 0 radical (unpaired) electrons. The van der Waals surface area contributed by atoms with E-state index >= 15 is 0 Å². The number of nitrogens with one attached hydrogen (secondary N) is 1. The van der Waals surface area contributed by atoms with Crippen molar-refractivity contribution in [3.63, 3.8) is 0 Å². The van der Waals surface area contributed by atoms with E-state index in [9.17, 15) is 8.42 Å². The number of rotatable bonds is 5. The van der Waals surface area contributed by atoms with E-state index < -0.39 is 10.0 Å². The molecule has 0 bridgehead atoms. The first-order valence-corrected chi connectivity index (χ1v) is 8.88. The van der Waals surface area contributed by atoms with E-state index in [2.05, 4.69) is 9.82 Å². The lowest BCUT2D eigenvalue weighted by Gasteiger charge is -2.03. The van der Waals surface area contributed by atoms with Gasteiger partial charge in [0.25, 0.3) is 0 Å². The van der Waals surface area contributed by atoms with E-state index in [1.54, 1.807) is 17.5 Å². The van der Waals surface area contributed by atoms with Gasteiger partial charge in [-0.15, -0.1) is 11.3 Å². The smallest absolute Gasteiger partial charge is 0.250 e. The van der Waals surface area contributed by atoms with E-state index in [-0.39, 0.29) is 0 Å². The molecule has 0 saturated carbocycles. The number of aryl methyl sites for hydroxylation is 1. The third-order valence-corrected chi connectivity index (χ3v) is 6.11. The van der Waals surface area contributed by atoms with Crippen LogP contribution in [0.4, 0.5) is 0 Å². The van der Waals surface area contributed by atoms with E-state index in [1.165, 1.54) is 11.3 Å². The van der Waals surface area contributed by atoms with Crippen molar-refractivity contribution in [1.29, 1.82) is 0 Å². The SMILES string of the molecule is Cn1nc(CCNS(=O)(=O)c2cccs2)c2ccccc21. The standard InChI is InChI=1S/C14H15N3O2S2/c1-17-13-6-3-2-5-11(13)12(16-17)8-9-15-21(18,19)14-7-4-10-20-14/h2-7,10,15H,8-9H2,1H3. The van der Waals surface area contributed by atoms with Gasteiger partial charge in [-0.25, -0.2) is 13.1 Å². The normalized spacial score (nSPS) is 12.0. The maximum Gasteiger partial charge on any atom is 0.250 e. The van der Waals surface area contributed by atoms with Crippen molar-refractivity contribution in [2.45, 2.75) is 10.6 Å². The minimum Gasteiger partial charge on any atom is -0.268 e. The lowest BCUT2D eigenvalue weighted by atomic mass is 10.2. The van der Waals surface area contributed by atoms with Crippen LogP contribution in [0, 0.1) is 0 Å². The molecule has 0 aliphatic rings. The summed E-state index contributed by atoms with van der Waals surface area (Å²) >= 11 is 1.21. The molecule has 110 valence electrons. The molecule has 5 nitrogen and oxygen atoms in total. The number of fused-ring (bicyclic) bond motifs is 1. The molecule has 3 aromatic rings. The van der Waals surface area contributed by atoms with Crippen molar-refractivity contribution in [1.82, 2.24) is 14.5 Å². The fourth-order valence-corrected chi connectivity index (χ4v) is 4.33. The summed E-state index contributed by atoms with van der Waals surface area (Å²) in [7, 11) is -1.51. The van der Waals surface area contributed by atoms with Gasteiger partial charge < -0.3 is 0 Å². The molecule has 1 N–H and O–H groups in total. The monoisotopic (exact) mass is 321 g/mol. The summed E-state index contributed by atoms with van der Waals surface area (Å²) in [4.78, 5) is 0. The van der Waals surface area contributed by atoms with Gasteiger partial charge >= 0.3 is 0 Å². The highest BCUT2D eigenvalue weighted by Crippen LogP contribution is 2.18. The number of hydrogen-bond donors (Lipinski definition) is 1. The van der Waals surface area contributed by atoms with Gasteiger partial charge in [0.15, 0.2) is 0 Å². The minimum atomic E-state index is -3.40. The average Bonchev–Trinajstić information content (AvgIpc) is 3.09. The van der Waals surface area contributed by atoms with E-state index in [0.717, 1.165) is 16.6 Å². The predicted molar refractivity (Wildman–Crippen MR) is 83.9 cm³/mol. The maximum atomic E-state index is 12.0. The number of benzene rings is 1. The quantitative estimate of drug-likeness (QED) is 0.783. The van der Waals surface area contributed by atoms with Crippen molar-refractivity contribution in [2.24, 2.45) is 7.05 Å². The highest BCUT2D eigenvalue weighted by molar-refractivity contribution is 7.91. The Morgan fingerprint density at radius 3 is 2.81 bits per heavy atom. The van der Waals surface area contributed by atoms with Crippen LogP contribution < -0.4 is 4.72 Å². The highest BCUT2D eigenvalue weighted by Gasteiger charge is 2.15. The van der Waals surface area contributed by atoms with Crippen molar-refractivity contribution < 1.29 is 8.42 Å². The zero-order valence-electron chi connectivity index (χ0n) is 11.5. The molecule has 3 rings (SSSR count). The Balaban J connectivity index is 1.73. The van der Waals surface area contributed by atoms with Gasteiger partial charge in [0.1, 0.15) is 4.21 Å². The maximum absolute atomic E-state index is 12.0. The fraction of sp³-hybridized carbons (Fsp3) is 0.214. The molecule has 2 heterocycles. The lowest BCUT2D eigenvalue weighted by Crippen LogP contribution is -2.25. The van der Waals surface area contributed by atoms with Crippen molar-refractivity contribution >= 4 is 32.3 Å². The Labute approximate surface area is 127 Å². The van der Waals surface area contributed by atoms with Gasteiger partial charge in [-0.2, -0.15) is 5.10 Å². The summed E-state index contributed by atoms with van der Waals surface area (Å²) in [5.41, 5.74) is 1.95. The van der Waals surface area contributed by atoms with Crippen LogP contribution in [-0.4, -0.2) is 24.7 Å². The van der Waals surface area contributed by atoms with Crippen molar-refractivity contribution in [3.8, 4) is 0 Å². The topological polar surface area (TPSA) is 64.0 Å². The molecule has 7 heteroatoms. The zero-order chi connectivity index (χ0) is 14.9. The fourth-order valence-electron chi connectivity index (χ4n) is 2.26. The van der Waals surface area contributed by atoms with E-state index in [1.807, 2.05) is 36.0 Å². The molecule has 0 spiro atoms. The third-order valence-electron chi connectivity index (χ3n) is 3.25. The molecule has 0 saturated heterocycles. The second-order valence-corrected chi connectivity index (χ2v) is 7.61. The Bertz CT molecular complexity index is 852. The summed E-state index contributed by atoms with van der Waals surface area (Å²) in [6.07, 6.45) is 0.561. The van der Waals surface area contributed by atoms with Crippen LogP contribution in [0.25, 0.3) is 10.9 Å². The van der Waals surface area contributed by atoms with Crippen LogP contribution in [0.1, 0.15) is 5.69 Å². The largest absolute Gasteiger partial charge is 0.268 e. The Morgan fingerprint density at radius 1 is 1.24 bits per heavy atom. The summed E-state index contributed by atoms with van der Waals surface area (Å²) in [6, 6.07) is 11.3. The highest BCUT2D eigenvalue weighted by atomic mass is 32.2. The van der Waals surface area contributed by atoms with Crippen LogP contribution in [-0.2, 0) is 23.5 Å². The van der Waals surface area contributed by atoms with Crippen molar-refractivity contribution in [2.75, 3.05) is 6.54 Å². The molecule has 2 aromatic heterocycles. The number of nitrogens with zero attached hydrogens (tertiary/aromatic N) is 2. The molecule has 0 unspecified atom stereocenters. The van der Waals surface area contributed by atoms with Gasteiger partial charge in [0.2, 0.25) is 10.0 Å². The molecular formula is C14H15N3O2S2. The molecule has 0 aliphatic heterocycles. The lowest BCUT2D eigenvalue weighted by molar-refractivity contribution is 0.583. The first-order chi connectivity index (χ1) is 10.1. The molecule has 1 aromatic carbocycles. The first kappa shape index (κ1) is 14.2. The zero-order valence-corrected chi connectivity index (χ0v) is 13.1. The minimum absolute atomic E-state index is 0.335. The van der Waals surface area contributed by atoms with Crippen molar-refractivity contribution in [3.05, 3.63) is 47.5 Å². The van der Waals surface area contributed by atoms with Crippen LogP contribution in [0.5, 0.6) is 0 Å². The summed E-state index contributed by atoms with van der Waals surface area (Å²) in [6.45, 7) is 0.335. The molecular weight excluding hydrogens is 306 g/mol. The number of aromatic nitrogens is 2. The summed E-state index contributed by atoms with van der Waals surface area (Å²) < 4.78 is 28.8.